The lowest BCUT2D eigenvalue weighted by molar-refractivity contribution is -0.133. The first-order valence-electron chi connectivity index (χ1n) is 4.83. The number of hydrogen-bond donors (Lipinski definition) is 0. The summed E-state index contributed by atoms with van der Waals surface area (Å²) in [5.74, 6) is 0.193. The maximum absolute atomic E-state index is 11.3. The van der Waals surface area contributed by atoms with Gasteiger partial charge in [-0.25, -0.2) is 0 Å². The van der Waals surface area contributed by atoms with Crippen LogP contribution in [0, 0.1) is 0 Å². The van der Waals surface area contributed by atoms with Gasteiger partial charge in [0.1, 0.15) is 0 Å². The van der Waals surface area contributed by atoms with Gasteiger partial charge in [-0.05, 0) is 26.7 Å². The lowest BCUT2D eigenvalue weighted by Crippen LogP contribution is -2.42. The molecule has 0 bridgehead atoms. The molecule has 0 aliphatic rings. The normalized spacial score (nSPS) is 15.4. The van der Waals surface area contributed by atoms with Crippen molar-refractivity contribution < 1.29 is 4.79 Å². The Balaban J connectivity index is 4.32. The van der Waals surface area contributed by atoms with Crippen LogP contribution in [-0.4, -0.2) is 22.9 Å². The van der Waals surface area contributed by atoms with Crippen molar-refractivity contribution in [3.63, 3.8) is 0 Å². The molecule has 72 valence electrons. The predicted molar refractivity (Wildman–Crippen MR) is 52.0 cm³/mol. The van der Waals surface area contributed by atoms with E-state index < -0.39 is 0 Å². The highest BCUT2D eigenvalue weighted by atomic mass is 16.2. The Kier molecular flexibility index (Phi) is 4.95. The molecular formula is C10H21NO. The number of hydrogen-bond acceptors (Lipinski definition) is 1. The second-order valence-electron chi connectivity index (χ2n) is 3.44. The van der Waals surface area contributed by atoms with E-state index in [1.54, 1.807) is 6.92 Å². The molecule has 0 aromatic heterocycles. The van der Waals surface area contributed by atoms with Crippen LogP contribution in [0.5, 0.6) is 0 Å². The van der Waals surface area contributed by atoms with Crippen LogP contribution in [0.1, 0.15) is 47.5 Å². The highest BCUT2D eigenvalue weighted by Crippen LogP contribution is 2.11. The lowest BCUT2D eigenvalue weighted by atomic mass is 10.1. The smallest absolute Gasteiger partial charge is 0.219 e. The summed E-state index contributed by atoms with van der Waals surface area (Å²) in [6.45, 7) is 10.1. The zero-order chi connectivity index (χ0) is 9.72. The standard InChI is InChI=1S/C10H21NO/c1-6-8(3)11(10(5)12)9(4)7-2/h8-9H,6-7H2,1-5H3/t8-,9-/m0/s1. The van der Waals surface area contributed by atoms with Crippen LogP contribution >= 0.6 is 0 Å². The van der Waals surface area contributed by atoms with Crippen molar-refractivity contribution in [3.8, 4) is 0 Å². The van der Waals surface area contributed by atoms with E-state index >= 15 is 0 Å². The number of carbonyl (C=O) groups excluding carboxylic acids is 1. The van der Waals surface area contributed by atoms with Crippen molar-refractivity contribution in [1.82, 2.24) is 4.90 Å². The minimum absolute atomic E-state index is 0.193. The summed E-state index contributed by atoms with van der Waals surface area (Å²) in [4.78, 5) is 13.2. The van der Waals surface area contributed by atoms with Gasteiger partial charge < -0.3 is 4.90 Å². The monoisotopic (exact) mass is 171 g/mol. The first kappa shape index (κ1) is 11.5. The molecule has 0 radical (unpaired) electrons. The van der Waals surface area contributed by atoms with Gasteiger partial charge in [-0.15, -0.1) is 0 Å². The minimum atomic E-state index is 0.193. The average Bonchev–Trinajstić information content (AvgIpc) is 2.03. The quantitative estimate of drug-likeness (QED) is 0.636. The van der Waals surface area contributed by atoms with Crippen LogP contribution in [0.2, 0.25) is 0 Å². The molecule has 0 rings (SSSR count). The third-order valence-corrected chi connectivity index (χ3v) is 2.49. The Morgan fingerprint density at radius 2 is 1.50 bits per heavy atom. The van der Waals surface area contributed by atoms with Crippen molar-refractivity contribution in [2.45, 2.75) is 59.5 Å². The van der Waals surface area contributed by atoms with Crippen molar-refractivity contribution in [2.24, 2.45) is 0 Å². The van der Waals surface area contributed by atoms with E-state index in [-0.39, 0.29) is 5.91 Å². The van der Waals surface area contributed by atoms with Crippen molar-refractivity contribution >= 4 is 5.91 Å². The van der Waals surface area contributed by atoms with Crippen LogP contribution in [0.15, 0.2) is 0 Å². The van der Waals surface area contributed by atoms with Gasteiger partial charge in [0.2, 0.25) is 5.91 Å². The van der Waals surface area contributed by atoms with Gasteiger partial charge in [0, 0.05) is 19.0 Å². The Morgan fingerprint density at radius 3 is 1.67 bits per heavy atom. The molecule has 0 aliphatic carbocycles. The summed E-state index contributed by atoms with van der Waals surface area (Å²) < 4.78 is 0. The maximum Gasteiger partial charge on any atom is 0.219 e. The summed E-state index contributed by atoms with van der Waals surface area (Å²) in [6.07, 6.45) is 2.06. The zero-order valence-corrected chi connectivity index (χ0v) is 8.92. The molecule has 0 aromatic carbocycles. The molecule has 2 nitrogen and oxygen atoms in total. The lowest BCUT2D eigenvalue weighted by Gasteiger charge is -2.32. The molecule has 0 heterocycles. The zero-order valence-electron chi connectivity index (χ0n) is 8.92. The third kappa shape index (κ3) is 2.84. The molecule has 0 unspecified atom stereocenters. The number of nitrogens with zero attached hydrogens (tertiary/aromatic N) is 1. The molecule has 0 fully saturated rings. The first-order chi connectivity index (χ1) is 5.54. The van der Waals surface area contributed by atoms with E-state index in [1.165, 1.54) is 0 Å². The fraction of sp³-hybridized carbons (Fsp3) is 0.900. The molecule has 1 amide bonds. The van der Waals surface area contributed by atoms with Gasteiger partial charge >= 0.3 is 0 Å². The third-order valence-electron chi connectivity index (χ3n) is 2.49. The highest BCUT2D eigenvalue weighted by Gasteiger charge is 2.19. The number of carbonyl (C=O) groups is 1. The molecule has 12 heavy (non-hydrogen) atoms. The summed E-state index contributed by atoms with van der Waals surface area (Å²) in [7, 11) is 0. The van der Waals surface area contributed by atoms with Crippen LogP contribution < -0.4 is 0 Å². The van der Waals surface area contributed by atoms with E-state index in [4.69, 9.17) is 0 Å². The number of amides is 1. The average molecular weight is 171 g/mol. The fourth-order valence-corrected chi connectivity index (χ4v) is 1.45. The molecule has 0 saturated carbocycles. The number of rotatable bonds is 4. The summed E-state index contributed by atoms with van der Waals surface area (Å²) in [5, 5.41) is 0. The van der Waals surface area contributed by atoms with E-state index in [2.05, 4.69) is 27.7 Å². The summed E-state index contributed by atoms with van der Waals surface area (Å²) in [5.41, 5.74) is 0. The van der Waals surface area contributed by atoms with Crippen LogP contribution in [0.25, 0.3) is 0 Å². The van der Waals surface area contributed by atoms with Gasteiger partial charge in [0.25, 0.3) is 0 Å². The van der Waals surface area contributed by atoms with Gasteiger partial charge in [0.05, 0.1) is 0 Å². The Bertz CT molecular complexity index is 135. The maximum atomic E-state index is 11.3. The Morgan fingerprint density at radius 1 is 1.17 bits per heavy atom. The Hall–Kier alpha value is -0.530. The first-order valence-corrected chi connectivity index (χ1v) is 4.83. The molecule has 2 atom stereocenters. The van der Waals surface area contributed by atoms with Gasteiger partial charge in [0.15, 0.2) is 0 Å². The van der Waals surface area contributed by atoms with Gasteiger partial charge in [-0.2, -0.15) is 0 Å². The molecule has 0 aromatic rings. The molecule has 0 N–H and O–H groups in total. The van der Waals surface area contributed by atoms with E-state index in [0.29, 0.717) is 12.1 Å². The molecule has 0 aliphatic heterocycles. The minimum Gasteiger partial charge on any atom is -0.338 e. The summed E-state index contributed by atoms with van der Waals surface area (Å²) in [6, 6.07) is 0.745. The fourth-order valence-electron chi connectivity index (χ4n) is 1.45. The topological polar surface area (TPSA) is 20.3 Å². The van der Waals surface area contributed by atoms with Crippen LogP contribution in [0.4, 0.5) is 0 Å². The van der Waals surface area contributed by atoms with E-state index in [9.17, 15) is 4.79 Å². The van der Waals surface area contributed by atoms with Crippen LogP contribution in [-0.2, 0) is 4.79 Å². The molecular weight excluding hydrogens is 150 g/mol. The predicted octanol–water partition coefficient (Wildman–Crippen LogP) is 2.43. The van der Waals surface area contributed by atoms with Gasteiger partial charge in [-0.1, -0.05) is 13.8 Å². The van der Waals surface area contributed by atoms with Gasteiger partial charge in [-0.3, -0.25) is 4.79 Å². The largest absolute Gasteiger partial charge is 0.338 e. The SMILES string of the molecule is CC[C@H](C)N(C(C)=O)[C@@H](C)CC. The summed E-state index contributed by atoms with van der Waals surface area (Å²) >= 11 is 0. The van der Waals surface area contributed by atoms with Crippen molar-refractivity contribution in [1.29, 1.82) is 0 Å². The molecule has 2 heteroatoms. The van der Waals surface area contributed by atoms with Crippen LogP contribution in [0.3, 0.4) is 0 Å². The molecule has 0 spiro atoms. The van der Waals surface area contributed by atoms with E-state index in [0.717, 1.165) is 12.8 Å². The van der Waals surface area contributed by atoms with Crippen molar-refractivity contribution in [3.05, 3.63) is 0 Å². The highest BCUT2D eigenvalue weighted by molar-refractivity contribution is 5.73. The second-order valence-corrected chi connectivity index (χ2v) is 3.44. The van der Waals surface area contributed by atoms with E-state index in [1.807, 2.05) is 4.90 Å². The second kappa shape index (κ2) is 5.18. The molecule has 0 saturated heterocycles. The van der Waals surface area contributed by atoms with Crippen molar-refractivity contribution in [2.75, 3.05) is 0 Å². The Labute approximate surface area is 75.9 Å².